The van der Waals surface area contributed by atoms with Crippen LogP contribution in [0.15, 0.2) is 24.3 Å². The fourth-order valence-corrected chi connectivity index (χ4v) is 3.42. The van der Waals surface area contributed by atoms with Gasteiger partial charge in [-0.05, 0) is 37.1 Å². The van der Waals surface area contributed by atoms with Crippen molar-refractivity contribution in [2.45, 2.75) is 38.1 Å². The predicted octanol–water partition coefficient (Wildman–Crippen LogP) is 1.88. The van der Waals surface area contributed by atoms with Gasteiger partial charge < -0.3 is 15.0 Å². The third-order valence-corrected chi connectivity index (χ3v) is 4.80. The normalized spacial score (nSPS) is 21.1. The zero-order valence-corrected chi connectivity index (χ0v) is 13.8. The first kappa shape index (κ1) is 16.5. The van der Waals surface area contributed by atoms with E-state index in [2.05, 4.69) is 10.1 Å². The van der Waals surface area contributed by atoms with Gasteiger partial charge in [0.25, 0.3) is 0 Å². The third kappa shape index (κ3) is 3.42. The van der Waals surface area contributed by atoms with Gasteiger partial charge in [-0.25, -0.2) is 4.79 Å². The number of methoxy groups -OCH3 is 1. The second kappa shape index (κ2) is 7.03. The van der Waals surface area contributed by atoms with Crippen molar-refractivity contribution in [1.82, 2.24) is 5.32 Å². The third-order valence-electron chi connectivity index (χ3n) is 4.80. The number of hydrogen-bond acceptors (Lipinski definition) is 4. The number of amides is 2. The van der Waals surface area contributed by atoms with E-state index in [9.17, 15) is 14.4 Å². The van der Waals surface area contributed by atoms with Crippen LogP contribution in [0.5, 0.6) is 0 Å². The van der Waals surface area contributed by atoms with Gasteiger partial charge in [-0.1, -0.05) is 12.8 Å². The summed E-state index contributed by atoms with van der Waals surface area (Å²) in [6, 6.07) is 6.94. The van der Waals surface area contributed by atoms with Gasteiger partial charge in [0.05, 0.1) is 18.6 Å². The molecule has 6 nitrogen and oxygen atoms in total. The Morgan fingerprint density at radius 3 is 2.46 bits per heavy atom. The minimum atomic E-state index is -0.414. The number of carbonyl (C=O) groups is 3. The Hall–Kier alpha value is -2.37. The highest BCUT2D eigenvalue weighted by Crippen LogP contribution is 2.26. The second-order valence-corrected chi connectivity index (χ2v) is 6.43. The van der Waals surface area contributed by atoms with E-state index in [1.54, 1.807) is 29.2 Å². The smallest absolute Gasteiger partial charge is 0.337 e. The number of benzene rings is 1. The molecule has 1 N–H and O–H groups in total. The van der Waals surface area contributed by atoms with Crippen molar-refractivity contribution in [3.63, 3.8) is 0 Å². The first-order valence-corrected chi connectivity index (χ1v) is 8.37. The highest BCUT2D eigenvalue weighted by molar-refractivity contribution is 6.00. The first-order chi connectivity index (χ1) is 11.6. The van der Waals surface area contributed by atoms with Crippen molar-refractivity contribution in [2.24, 2.45) is 5.92 Å². The summed E-state index contributed by atoms with van der Waals surface area (Å²) in [7, 11) is 1.33. The average Bonchev–Trinajstić information content (AvgIpc) is 3.24. The lowest BCUT2D eigenvalue weighted by Gasteiger charge is -2.18. The van der Waals surface area contributed by atoms with E-state index < -0.39 is 5.97 Å². The van der Waals surface area contributed by atoms with Crippen LogP contribution in [-0.4, -0.2) is 37.5 Å². The van der Waals surface area contributed by atoms with E-state index in [0.717, 1.165) is 25.7 Å². The van der Waals surface area contributed by atoms with Gasteiger partial charge in [0.2, 0.25) is 11.8 Å². The van der Waals surface area contributed by atoms with Crippen LogP contribution in [0.25, 0.3) is 0 Å². The summed E-state index contributed by atoms with van der Waals surface area (Å²) >= 11 is 0. The molecule has 0 aromatic heterocycles. The molecule has 2 amide bonds. The van der Waals surface area contributed by atoms with Crippen LogP contribution in [0.2, 0.25) is 0 Å². The number of carbonyl (C=O) groups excluding carboxylic acids is 3. The quantitative estimate of drug-likeness (QED) is 0.855. The van der Waals surface area contributed by atoms with Crippen molar-refractivity contribution in [3.8, 4) is 0 Å². The van der Waals surface area contributed by atoms with E-state index >= 15 is 0 Å². The molecule has 1 aromatic carbocycles. The molecule has 1 saturated heterocycles. The van der Waals surface area contributed by atoms with Gasteiger partial charge in [0.1, 0.15) is 0 Å². The van der Waals surface area contributed by atoms with Crippen LogP contribution >= 0.6 is 0 Å². The van der Waals surface area contributed by atoms with Crippen LogP contribution < -0.4 is 10.2 Å². The van der Waals surface area contributed by atoms with Crippen LogP contribution in [-0.2, 0) is 14.3 Å². The maximum Gasteiger partial charge on any atom is 0.337 e. The Labute approximate surface area is 141 Å². The monoisotopic (exact) mass is 330 g/mol. The van der Waals surface area contributed by atoms with Crippen molar-refractivity contribution in [3.05, 3.63) is 29.8 Å². The number of anilines is 1. The van der Waals surface area contributed by atoms with Gasteiger partial charge >= 0.3 is 5.97 Å². The van der Waals surface area contributed by atoms with Crippen LogP contribution in [0, 0.1) is 5.92 Å². The molecule has 1 atom stereocenters. The molecule has 2 aliphatic rings. The van der Waals surface area contributed by atoms with Crippen LogP contribution in [0.3, 0.4) is 0 Å². The van der Waals surface area contributed by atoms with Gasteiger partial charge in [-0.15, -0.1) is 0 Å². The summed E-state index contributed by atoms with van der Waals surface area (Å²) < 4.78 is 4.66. The highest BCUT2D eigenvalue weighted by atomic mass is 16.5. The molecular weight excluding hydrogens is 308 g/mol. The molecule has 24 heavy (non-hydrogen) atoms. The Kier molecular flexibility index (Phi) is 4.83. The maximum atomic E-state index is 12.4. The van der Waals surface area contributed by atoms with Gasteiger partial charge in [-0.2, -0.15) is 0 Å². The van der Waals surface area contributed by atoms with E-state index in [1.165, 1.54) is 7.11 Å². The summed E-state index contributed by atoms with van der Waals surface area (Å²) in [6.45, 7) is 0.384. The Morgan fingerprint density at radius 1 is 1.17 bits per heavy atom. The lowest BCUT2D eigenvalue weighted by atomic mass is 10.1. The summed E-state index contributed by atoms with van der Waals surface area (Å²) in [6.07, 6.45) is 4.62. The molecule has 6 heteroatoms. The molecule has 1 aliphatic carbocycles. The SMILES string of the molecule is COC(=O)c1ccc(N2CC(C(=O)NC3CCCC3)CC2=O)cc1. The number of hydrogen-bond donors (Lipinski definition) is 1. The topological polar surface area (TPSA) is 75.7 Å². The summed E-state index contributed by atoms with van der Waals surface area (Å²) in [5.41, 5.74) is 1.13. The molecule has 0 spiro atoms. The number of nitrogens with one attached hydrogen (secondary N) is 1. The van der Waals surface area contributed by atoms with E-state index in [4.69, 9.17) is 0 Å². The number of rotatable bonds is 4. The Bertz CT molecular complexity index is 635. The fourth-order valence-electron chi connectivity index (χ4n) is 3.42. The summed E-state index contributed by atoms with van der Waals surface area (Å²) in [5, 5.41) is 3.07. The number of esters is 1. The molecule has 1 saturated carbocycles. The van der Waals surface area contributed by atoms with E-state index in [0.29, 0.717) is 17.8 Å². The lowest BCUT2D eigenvalue weighted by Crippen LogP contribution is -2.38. The fraction of sp³-hybridized carbons (Fsp3) is 0.500. The van der Waals surface area contributed by atoms with E-state index in [-0.39, 0.29) is 30.2 Å². The molecule has 1 aliphatic heterocycles. The minimum absolute atomic E-state index is 0.0241. The lowest BCUT2D eigenvalue weighted by molar-refractivity contribution is -0.126. The molecular formula is C18H22N2O4. The molecule has 1 unspecified atom stereocenters. The molecule has 128 valence electrons. The number of ether oxygens (including phenoxy) is 1. The van der Waals surface area contributed by atoms with E-state index in [1.807, 2.05) is 0 Å². The Morgan fingerprint density at radius 2 is 1.83 bits per heavy atom. The largest absolute Gasteiger partial charge is 0.465 e. The van der Waals surface area contributed by atoms with Crippen molar-refractivity contribution < 1.29 is 19.1 Å². The molecule has 0 bridgehead atoms. The zero-order valence-electron chi connectivity index (χ0n) is 13.8. The summed E-state index contributed by atoms with van der Waals surface area (Å²) in [4.78, 5) is 37.7. The molecule has 3 rings (SSSR count). The molecule has 1 aromatic rings. The van der Waals surface area contributed by atoms with Crippen molar-refractivity contribution in [2.75, 3.05) is 18.6 Å². The second-order valence-electron chi connectivity index (χ2n) is 6.43. The number of nitrogens with zero attached hydrogens (tertiary/aromatic N) is 1. The van der Waals surface area contributed by atoms with Gasteiger partial charge in [0, 0.05) is 24.7 Å². The minimum Gasteiger partial charge on any atom is -0.465 e. The molecule has 1 heterocycles. The predicted molar refractivity (Wildman–Crippen MR) is 88.6 cm³/mol. The summed E-state index contributed by atoms with van der Waals surface area (Å²) in [5.74, 6) is -0.808. The average molecular weight is 330 g/mol. The maximum absolute atomic E-state index is 12.4. The van der Waals surface area contributed by atoms with Gasteiger partial charge in [0.15, 0.2) is 0 Å². The standard InChI is InChI=1S/C18H22N2O4/c1-24-18(23)12-6-8-15(9-7-12)20-11-13(10-16(20)21)17(22)19-14-4-2-3-5-14/h6-9,13-14H,2-5,10-11H2,1H3,(H,19,22). The zero-order chi connectivity index (χ0) is 17.1. The van der Waals surface area contributed by atoms with Crippen molar-refractivity contribution >= 4 is 23.5 Å². The molecule has 0 radical (unpaired) electrons. The van der Waals surface area contributed by atoms with Gasteiger partial charge in [-0.3, -0.25) is 9.59 Å². The molecule has 2 fully saturated rings. The van der Waals surface area contributed by atoms with Crippen LogP contribution in [0.4, 0.5) is 5.69 Å². The van der Waals surface area contributed by atoms with Crippen LogP contribution in [0.1, 0.15) is 42.5 Å². The first-order valence-electron chi connectivity index (χ1n) is 8.37. The Balaban J connectivity index is 1.63. The highest BCUT2D eigenvalue weighted by Gasteiger charge is 2.36. The van der Waals surface area contributed by atoms with Crippen molar-refractivity contribution in [1.29, 1.82) is 0 Å².